The molecule has 2 nitrogen and oxygen atoms in total. The highest BCUT2D eigenvalue weighted by Gasteiger charge is 1.95. The lowest BCUT2D eigenvalue weighted by atomic mass is 10.4. The van der Waals surface area contributed by atoms with Crippen LogP contribution < -0.4 is 5.73 Å². The summed E-state index contributed by atoms with van der Waals surface area (Å²) in [4.78, 5) is 4.15. The third kappa shape index (κ3) is 3.70. The van der Waals surface area contributed by atoms with Gasteiger partial charge in [0.2, 0.25) is 0 Å². The number of thioether (sulfide) groups is 1. The van der Waals surface area contributed by atoms with Gasteiger partial charge in [0.05, 0.1) is 16.9 Å². The molecular formula is C9H11ClN2S. The number of nitrogens with two attached hydrogens (primary N) is 1. The zero-order chi connectivity index (χ0) is 9.68. The third-order valence-corrected chi connectivity index (χ3v) is 2.90. The molecule has 0 aromatic carbocycles. The van der Waals surface area contributed by atoms with Crippen LogP contribution in [0.4, 0.5) is 5.69 Å². The minimum Gasteiger partial charge on any atom is -0.397 e. The molecule has 0 aliphatic carbocycles. The van der Waals surface area contributed by atoms with Gasteiger partial charge in [0.15, 0.2) is 0 Å². The van der Waals surface area contributed by atoms with E-state index in [9.17, 15) is 0 Å². The molecule has 0 bridgehead atoms. The molecule has 0 atom stereocenters. The molecule has 0 aliphatic heterocycles. The Morgan fingerprint density at radius 1 is 1.69 bits per heavy atom. The van der Waals surface area contributed by atoms with Gasteiger partial charge in [0.25, 0.3) is 0 Å². The molecule has 1 heterocycles. The lowest BCUT2D eigenvalue weighted by molar-refractivity contribution is 1.14. The van der Waals surface area contributed by atoms with E-state index in [1.54, 1.807) is 23.5 Å². The summed E-state index contributed by atoms with van der Waals surface area (Å²) >= 11 is 7.17. The van der Waals surface area contributed by atoms with Crippen LogP contribution in [0.5, 0.6) is 0 Å². The SMILES string of the molecule is C/C(=C/Cl)CSc1ccc(N)cn1. The largest absolute Gasteiger partial charge is 0.397 e. The maximum absolute atomic E-state index is 5.53. The lowest BCUT2D eigenvalue weighted by Gasteiger charge is -2.00. The van der Waals surface area contributed by atoms with E-state index in [-0.39, 0.29) is 0 Å². The maximum atomic E-state index is 5.53. The first kappa shape index (κ1) is 10.4. The van der Waals surface area contributed by atoms with Gasteiger partial charge in [-0.1, -0.05) is 17.2 Å². The third-order valence-electron chi connectivity index (χ3n) is 1.39. The molecule has 0 saturated carbocycles. The monoisotopic (exact) mass is 214 g/mol. The van der Waals surface area contributed by atoms with Gasteiger partial charge in [0, 0.05) is 11.3 Å². The van der Waals surface area contributed by atoms with Gasteiger partial charge in [-0.3, -0.25) is 0 Å². The first-order valence-electron chi connectivity index (χ1n) is 3.82. The molecule has 1 rings (SSSR count). The molecular weight excluding hydrogens is 204 g/mol. The second kappa shape index (κ2) is 5.14. The Bertz CT molecular complexity index is 295. The minimum atomic E-state index is 0.689. The number of halogens is 1. The first-order chi connectivity index (χ1) is 6.22. The highest BCUT2D eigenvalue weighted by Crippen LogP contribution is 2.18. The van der Waals surface area contributed by atoms with Crippen molar-refractivity contribution in [1.82, 2.24) is 4.98 Å². The van der Waals surface area contributed by atoms with Gasteiger partial charge >= 0.3 is 0 Å². The van der Waals surface area contributed by atoms with Crippen molar-refractivity contribution in [2.24, 2.45) is 0 Å². The molecule has 0 spiro atoms. The Labute approximate surface area is 87.2 Å². The Kier molecular flexibility index (Phi) is 4.12. The summed E-state index contributed by atoms with van der Waals surface area (Å²) in [6, 6.07) is 3.75. The fourth-order valence-electron chi connectivity index (χ4n) is 0.696. The Hall–Kier alpha value is -0.670. The maximum Gasteiger partial charge on any atom is 0.0964 e. The number of nitrogen functional groups attached to an aromatic ring is 1. The van der Waals surface area contributed by atoms with Crippen molar-refractivity contribution in [3.63, 3.8) is 0 Å². The number of pyridine rings is 1. The molecule has 1 aromatic heterocycles. The average molecular weight is 215 g/mol. The van der Waals surface area contributed by atoms with Gasteiger partial charge in [-0.25, -0.2) is 4.98 Å². The Morgan fingerprint density at radius 3 is 3.00 bits per heavy atom. The van der Waals surface area contributed by atoms with E-state index in [4.69, 9.17) is 17.3 Å². The first-order valence-corrected chi connectivity index (χ1v) is 5.25. The quantitative estimate of drug-likeness (QED) is 0.787. The fourth-order valence-corrected chi connectivity index (χ4v) is 1.62. The highest BCUT2D eigenvalue weighted by atomic mass is 35.5. The second-order valence-corrected chi connectivity index (χ2v) is 3.89. The topological polar surface area (TPSA) is 38.9 Å². The number of rotatable bonds is 3. The predicted octanol–water partition coefficient (Wildman–Crippen LogP) is 2.90. The molecule has 13 heavy (non-hydrogen) atoms. The van der Waals surface area contributed by atoms with Crippen molar-refractivity contribution in [2.45, 2.75) is 11.9 Å². The number of hydrogen-bond donors (Lipinski definition) is 1. The van der Waals surface area contributed by atoms with Crippen LogP contribution in [0.25, 0.3) is 0 Å². The van der Waals surface area contributed by atoms with Crippen molar-refractivity contribution >= 4 is 29.1 Å². The van der Waals surface area contributed by atoms with Gasteiger partial charge in [-0.15, -0.1) is 11.8 Å². The number of nitrogens with zero attached hydrogens (tertiary/aromatic N) is 1. The predicted molar refractivity (Wildman–Crippen MR) is 59.0 cm³/mol. The van der Waals surface area contributed by atoms with Gasteiger partial charge in [-0.2, -0.15) is 0 Å². The van der Waals surface area contributed by atoms with Crippen molar-refractivity contribution in [2.75, 3.05) is 11.5 Å². The summed E-state index contributed by atoms with van der Waals surface area (Å²) in [6.07, 6.45) is 1.65. The summed E-state index contributed by atoms with van der Waals surface area (Å²) in [5, 5.41) is 0.965. The highest BCUT2D eigenvalue weighted by molar-refractivity contribution is 7.99. The van der Waals surface area contributed by atoms with Crippen LogP contribution in [-0.2, 0) is 0 Å². The summed E-state index contributed by atoms with van der Waals surface area (Å²) in [6.45, 7) is 1.98. The summed E-state index contributed by atoms with van der Waals surface area (Å²) in [5.41, 5.74) is 8.91. The molecule has 0 saturated heterocycles. The van der Waals surface area contributed by atoms with E-state index in [0.29, 0.717) is 5.69 Å². The van der Waals surface area contributed by atoms with E-state index in [1.807, 2.05) is 19.1 Å². The molecule has 0 aliphatic rings. The van der Waals surface area contributed by atoms with E-state index < -0.39 is 0 Å². The van der Waals surface area contributed by atoms with E-state index in [0.717, 1.165) is 16.4 Å². The van der Waals surface area contributed by atoms with Crippen molar-refractivity contribution in [3.8, 4) is 0 Å². The number of anilines is 1. The molecule has 4 heteroatoms. The van der Waals surface area contributed by atoms with Gasteiger partial charge < -0.3 is 5.73 Å². The second-order valence-electron chi connectivity index (χ2n) is 2.67. The van der Waals surface area contributed by atoms with Crippen LogP contribution in [-0.4, -0.2) is 10.7 Å². The lowest BCUT2D eigenvalue weighted by Crippen LogP contribution is -1.88. The van der Waals surface area contributed by atoms with Gasteiger partial charge in [-0.05, 0) is 19.1 Å². The van der Waals surface area contributed by atoms with Gasteiger partial charge in [0.1, 0.15) is 0 Å². The fraction of sp³-hybridized carbons (Fsp3) is 0.222. The van der Waals surface area contributed by atoms with Crippen molar-refractivity contribution < 1.29 is 0 Å². The zero-order valence-electron chi connectivity index (χ0n) is 7.33. The van der Waals surface area contributed by atoms with Crippen LogP contribution in [0, 0.1) is 0 Å². The molecule has 0 amide bonds. The smallest absolute Gasteiger partial charge is 0.0964 e. The summed E-state index contributed by atoms with van der Waals surface area (Å²) in [5.74, 6) is 0.862. The van der Waals surface area contributed by atoms with Crippen LogP contribution >= 0.6 is 23.4 Å². The van der Waals surface area contributed by atoms with E-state index in [2.05, 4.69) is 4.98 Å². The molecule has 70 valence electrons. The van der Waals surface area contributed by atoms with E-state index >= 15 is 0 Å². The normalized spacial score (nSPS) is 11.7. The standard InChI is InChI=1S/C9H11ClN2S/c1-7(4-10)6-13-9-3-2-8(11)5-12-9/h2-5H,6,11H2,1H3/b7-4-. The van der Waals surface area contributed by atoms with Crippen LogP contribution in [0.15, 0.2) is 34.5 Å². The van der Waals surface area contributed by atoms with Crippen LogP contribution in [0.1, 0.15) is 6.92 Å². The molecule has 2 N–H and O–H groups in total. The molecule has 1 aromatic rings. The summed E-state index contributed by atoms with van der Waals surface area (Å²) in [7, 11) is 0. The molecule has 0 radical (unpaired) electrons. The number of hydrogen-bond acceptors (Lipinski definition) is 3. The number of aromatic nitrogens is 1. The Morgan fingerprint density at radius 2 is 2.46 bits per heavy atom. The minimum absolute atomic E-state index is 0.689. The molecule has 0 unspecified atom stereocenters. The zero-order valence-corrected chi connectivity index (χ0v) is 8.90. The van der Waals surface area contributed by atoms with Crippen LogP contribution in [0.3, 0.4) is 0 Å². The average Bonchev–Trinajstić information content (AvgIpc) is 2.16. The van der Waals surface area contributed by atoms with E-state index in [1.165, 1.54) is 0 Å². The molecule has 0 fully saturated rings. The summed E-state index contributed by atoms with van der Waals surface area (Å²) < 4.78 is 0. The van der Waals surface area contributed by atoms with Crippen LogP contribution in [0.2, 0.25) is 0 Å². The van der Waals surface area contributed by atoms with Crippen molar-refractivity contribution in [1.29, 1.82) is 0 Å². The Balaban J connectivity index is 2.51. The van der Waals surface area contributed by atoms with Crippen molar-refractivity contribution in [3.05, 3.63) is 29.4 Å².